The summed E-state index contributed by atoms with van der Waals surface area (Å²) in [7, 11) is 0. The van der Waals surface area contributed by atoms with E-state index in [1.807, 2.05) is 0 Å². The zero-order valence-electron chi connectivity index (χ0n) is 9.92. The molecule has 0 aromatic heterocycles. The number of rotatable bonds is 9. The Morgan fingerprint density at radius 1 is 0.600 bits per heavy atom. The van der Waals surface area contributed by atoms with Crippen molar-refractivity contribution >= 4 is 29.8 Å². The van der Waals surface area contributed by atoms with Crippen LogP contribution in [0.5, 0.6) is 0 Å². The minimum atomic E-state index is -2.17. The molecule has 0 heterocycles. The van der Waals surface area contributed by atoms with Crippen molar-refractivity contribution in [3.8, 4) is 0 Å². The van der Waals surface area contributed by atoms with Gasteiger partial charge in [0.2, 0.25) is 0 Å². The lowest BCUT2D eigenvalue weighted by molar-refractivity contribution is -0.166. The molecular weight excluding hydrogens is 280 g/mol. The lowest BCUT2D eigenvalue weighted by atomic mass is 9.78. The lowest BCUT2D eigenvalue weighted by Gasteiger charge is -2.23. The van der Waals surface area contributed by atoms with E-state index in [0.29, 0.717) is 0 Å². The van der Waals surface area contributed by atoms with Crippen molar-refractivity contribution in [1.29, 1.82) is 0 Å². The molecule has 5 N–H and O–H groups in total. The molecule has 1 unspecified atom stereocenters. The average molecular weight is 292 g/mol. The molecule has 0 spiro atoms. The van der Waals surface area contributed by atoms with Crippen molar-refractivity contribution in [2.75, 3.05) is 0 Å². The normalized spacial score (nSPS) is 14.8. The van der Waals surface area contributed by atoms with Crippen molar-refractivity contribution in [2.24, 2.45) is 17.8 Å². The molecule has 0 saturated heterocycles. The topological polar surface area (TPSA) is 186 Å². The van der Waals surface area contributed by atoms with Crippen LogP contribution in [0.4, 0.5) is 0 Å². The molecule has 0 aromatic carbocycles. The van der Waals surface area contributed by atoms with Crippen LogP contribution in [-0.2, 0) is 24.0 Å². The van der Waals surface area contributed by atoms with Gasteiger partial charge in [-0.2, -0.15) is 0 Å². The maximum Gasteiger partial charge on any atom is 0.308 e. The van der Waals surface area contributed by atoms with E-state index in [1.165, 1.54) is 0 Å². The first-order valence-electron chi connectivity index (χ1n) is 5.19. The highest BCUT2D eigenvalue weighted by molar-refractivity contribution is 5.89. The molecule has 0 bridgehead atoms. The Morgan fingerprint density at radius 3 is 1.05 bits per heavy atom. The predicted octanol–water partition coefficient (Wildman–Crippen LogP) is -0.962. The Bertz CT molecular complexity index is 405. The van der Waals surface area contributed by atoms with E-state index in [9.17, 15) is 24.0 Å². The van der Waals surface area contributed by atoms with Crippen LogP contribution in [0.3, 0.4) is 0 Å². The largest absolute Gasteiger partial charge is 0.481 e. The summed E-state index contributed by atoms with van der Waals surface area (Å²) in [6.07, 6.45) is -2.26. The zero-order valence-corrected chi connectivity index (χ0v) is 9.92. The summed E-state index contributed by atoms with van der Waals surface area (Å²) in [5.41, 5.74) is 0. The van der Waals surface area contributed by atoms with E-state index >= 15 is 0 Å². The maximum atomic E-state index is 11.0. The van der Waals surface area contributed by atoms with Crippen molar-refractivity contribution in [1.82, 2.24) is 0 Å². The van der Waals surface area contributed by atoms with Crippen LogP contribution >= 0.6 is 0 Å². The van der Waals surface area contributed by atoms with E-state index in [-0.39, 0.29) is 0 Å². The summed E-state index contributed by atoms with van der Waals surface area (Å²) in [6, 6.07) is 0. The van der Waals surface area contributed by atoms with Crippen molar-refractivity contribution in [3.63, 3.8) is 0 Å². The summed E-state index contributed by atoms with van der Waals surface area (Å²) in [5.74, 6) is -15.1. The minimum Gasteiger partial charge on any atom is -0.481 e. The summed E-state index contributed by atoms with van der Waals surface area (Å²) in [4.78, 5) is 54.0. The summed E-state index contributed by atoms with van der Waals surface area (Å²) in [5, 5.41) is 43.7. The standard InChI is InChI=1S/C10H12O10/c11-5(12)1-3(8(15)16)7(10(19)20)4(9(17)18)2-6(13)14/h3-4,7H,1-2H2,(H,11,12)(H,13,14)(H,15,16)(H,17,18)(H,19,20)/t3-,4+,7?. The molecule has 10 nitrogen and oxygen atoms in total. The summed E-state index contributed by atoms with van der Waals surface area (Å²) >= 11 is 0. The second-order valence-corrected chi connectivity index (χ2v) is 3.95. The first-order valence-corrected chi connectivity index (χ1v) is 5.19. The fourth-order valence-electron chi connectivity index (χ4n) is 1.74. The number of aliphatic carboxylic acids is 5. The van der Waals surface area contributed by atoms with Gasteiger partial charge >= 0.3 is 29.8 Å². The quantitative estimate of drug-likeness (QED) is 0.354. The first-order chi connectivity index (χ1) is 9.07. The molecule has 20 heavy (non-hydrogen) atoms. The molecule has 0 aromatic rings. The molecule has 10 heteroatoms. The van der Waals surface area contributed by atoms with Gasteiger partial charge in [0.1, 0.15) is 0 Å². The molecule has 112 valence electrons. The third kappa shape index (κ3) is 4.92. The first kappa shape index (κ1) is 17.4. The molecule has 0 fully saturated rings. The third-order valence-electron chi connectivity index (χ3n) is 2.58. The minimum absolute atomic E-state index is 1.13. The van der Waals surface area contributed by atoms with E-state index in [0.717, 1.165) is 0 Å². The summed E-state index contributed by atoms with van der Waals surface area (Å²) in [6.45, 7) is 0. The van der Waals surface area contributed by atoms with Crippen LogP contribution in [-0.4, -0.2) is 55.4 Å². The molecule has 3 atom stereocenters. The van der Waals surface area contributed by atoms with Gasteiger partial charge in [-0.3, -0.25) is 24.0 Å². The third-order valence-corrected chi connectivity index (χ3v) is 2.58. The molecule has 0 aliphatic heterocycles. The maximum absolute atomic E-state index is 11.0. The number of hydrogen-bond acceptors (Lipinski definition) is 5. The van der Waals surface area contributed by atoms with Crippen LogP contribution in [0, 0.1) is 17.8 Å². The average Bonchev–Trinajstić information content (AvgIpc) is 2.24. The lowest BCUT2D eigenvalue weighted by Crippen LogP contribution is -2.41. The van der Waals surface area contributed by atoms with E-state index in [1.54, 1.807) is 0 Å². The number of carboxylic acids is 5. The molecule has 0 saturated carbocycles. The van der Waals surface area contributed by atoms with E-state index < -0.39 is 60.4 Å². The Morgan fingerprint density at radius 2 is 0.900 bits per heavy atom. The monoisotopic (exact) mass is 292 g/mol. The Balaban J connectivity index is 5.59. The predicted molar refractivity (Wildman–Crippen MR) is 57.9 cm³/mol. The number of carbonyl (C=O) groups is 5. The van der Waals surface area contributed by atoms with Gasteiger partial charge in [0.05, 0.1) is 30.6 Å². The van der Waals surface area contributed by atoms with E-state index in [2.05, 4.69) is 0 Å². The van der Waals surface area contributed by atoms with E-state index in [4.69, 9.17) is 25.5 Å². The fraction of sp³-hybridized carbons (Fsp3) is 0.500. The highest BCUT2D eigenvalue weighted by atomic mass is 16.4. The van der Waals surface area contributed by atoms with Crippen molar-refractivity contribution in [3.05, 3.63) is 0 Å². The van der Waals surface area contributed by atoms with Gasteiger partial charge in [0.25, 0.3) is 0 Å². The molecule has 0 radical (unpaired) electrons. The van der Waals surface area contributed by atoms with Crippen molar-refractivity contribution in [2.45, 2.75) is 12.8 Å². The van der Waals surface area contributed by atoms with Gasteiger partial charge in [-0.1, -0.05) is 0 Å². The highest BCUT2D eigenvalue weighted by Crippen LogP contribution is 2.28. The van der Waals surface area contributed by atoms with Crippen LogP contribution in [0.2, 0.25) is 0 Å². The molecule has 0 amide bonds. The van der Waals surface area contributed by atoms with Crippen LogP contribution in [0.25, 0.3) is 0 Å². The highest BCUT2D eigenvalue weighted by Gasteiger charge is 2.45. The van der Waals surface area contributed by atoms with Gasteiger partial charge in [-0.15, -0.1) is 0 Å². The van der Waals surface area contributed by atoms with Crippen LogP contribution < -0.4 is 0 Å². The molecule has 0 aliphatic rings. The van der Waals surface area contributed by atoms with Crippen molar-refractivity contribution < 1.29 is 49.5 Å². The van der Waals surface area contributed by atoms with Gasteiger partial charge in [0, 0.05) is 0 Å². The molecule has 0 aliphatic carbocycles. The Kier molecular flexibility index (Phi) is 6.13. The second kappa shape index (κ2) is 7.07. The van der Waals surface area contributed by atoms with Gasteiger partial charge in [0.15, 0.2) is 0 Å². The SMILES string of the molecule is O=C(O)C[C@H](C(=O)O)C(C(=O)O)[C@@H](CC(=O)O)C(=O)O. The Labute approximate surface area is 111 Å². The van der Waals surface area contributed by atoms with Crippen LogP contribution in [0.1, 0.15) is 12.8 Å². The zero-order chi connectivity index (χ0) is 16.0. The Hall–Kier alpha value is -2.65. The molecular formula is C10H12O10. The number of hydrogen-bond donors (Lipinski definition) is 5. The number of carboxylic acid groups (broad SMARTS) is 5. The van der Waals surface area contributed by atoms with Crippen LogP contribution in [0.15, 0.2) is 0 Å². The molecule has 0 rings (SSSR count). The van der Waals surface area contributed by atoms with Gasteiger partial charge in [-0.25, -0.2) is 0 Å². The van der Waals surface area contributed by atoms with Gasteiger partial charge in [-0.05, 0) is 0 Å². The summed E-state index contributed by atoms with van der Waals surface area (Å²) < 4.78 is 0. The smallest absolute Gasteiger partial charge is 0.308 e. The van der Waals surface area contributed by atoms with Gasteiger partial charge < -0.3 is 25.5 Å². The fourth-order valence-corrected chi connectivity index (χ4v) is 1.74. The second-order valence-electron chi connectivity index (χ2n) is 3.95.